The molecule has 0 unspecified atom stereocenters. The van der Waals surface area contributed by atoms with Crippen molar-refractivity contribution in [3.05, 3.63) is 0 Å². The fourth-order valence-electron chi connectivity index (χ4n) is 0.258. The van der Waals surface area contributed by atoms with E-state index in [-0.39, 0.29) is 0 Å². The first-order valence-corrected chi connectivity index (χ1v) is 3.68. The van der Waals surface area contributed by atoms with Crippen LogP contribution in [0.2, 0.25) is 0 Å². The zero-order valence-corrected chi connectivity index (χ0v) is 6.30. The van der Waals surface area contributed by atoms with Crippen molar-refractivity contribution in [3.63, 3.8) is 0 Å². The van der Waals surface area contributed by atoms with Crippen molar-refractivity contribution in [2.75, 3.05) is 11.5 Å². The molecule has 2 nitrogen and oxygen atoms in total. The summed E-state index contributed by atoms with van der Waals surface area (Å²) in [6.07, 6.45) is -1.40. The highest BCUT2D eigenvalue weighted by atomic mass is 32.1. The molecular formula is C4H11O2S2+. The maximum atomic E-state index is 8.78. The van der Waals surface area contributed by atoms with E-state index < -0.39 is 12.2 Å². The summed E-state index contributed by atoms with van der Waals surface area (Å²) in [6, 6.07) is 0. The summed E-state index contributed by atoms with van der Waals surface area (Å²) < 4.78 is 0. The van der Waals surface area contributed by atoms with Gasteiger partial charge >= 0.3 is 0 Å². The molecule has 0 aliphatic rings. The molecule has 0 aliphatic carbocycles. The quantitative estimate of drug-likeness (QED) is 0.348. The molecular weight excluding hydrogens is 144 g/mol. The molecule has 0 radical (unpaired) electrons. The predicted octanol–water partition coefficient (Wildman–Crippen LogP) is -1.35. The van der Waals surface area contributed by atoms with Gasteiger partial charge in [0, 0.05) is 5.75 Å². The normalized spacial score (nSPS) is 18.0. The van der Waals surface area contributed by atoms with Crippen LogP contribution >= 0.6 is 12.6 Å². The number of aliphatic hydroxyl groups excluding tert-OH is 2. The Labute approximate surface area is 59.7 Å². The van der Waals surface area contributed by atoms with Gasteiger partial charge in [0.15, 0.2) is 0 Å². The molecule has 0 aliphatic heterocycles. The highest BCUT2D eigenvalue weighted by Gasteiger charge is 2.13. The van der Waals surface area contributed by atoms with Crippen LogP contribution in [0, 0.1) is 0 Å². The maximum Gasteiger partial charge on any atom is 0.132 e. The lowest BCUT2D eigenvalue weighted by atomic mass is 10.3. The van der Waals surface area contributed by atoms with Crippen molar-refractivity contribution in [2.45, 2.75) is 12.2 Å². The zero-order chi connectivity index (χ0) is 6.57. The molecule has 0 aromatic carbocycles. The van der Waals surface area contributed by atoms with Crippen LogP contribution in [0.3, 0.4) is 0 Å². The molecule has 0 spiro atoms. The van der Waals surface area contributed by atoms with Crippen LogP contribution in [0.4, 0.5) is 0 Å². The third-order valence-electron chi connectivity index (χ3n) is 0.840. The topological polar surface area (TPSA) is 40.5 Å². The Morgan fingerprint density at radius 2 is 1.88 bits per heavy atom. The number of rotatable bonds is 3. The summed E-state index contributed by atoms with van der Waals surface area (Å²) in [5, 5.41) is 17.5. The van der Waals surface area contributed by atoms with Gasteiger partial charge in [-0.15, -0.1) is 0 Å². The summed E-state index contributed by atoms with van der Waals surface area (Å²) in [5.74, 6) is 0.688. The van der Waals surface area contributed by atoms with Crippen LogP contribution in [0.25, 0.3) is 0 Å². The van der Waals surface area contributed by atoms with E-state index in [0.29, 0.717) is 11.5 Å². The molecule has 0 bridgehead atoms. The van der Waals surface area contributed by atoms with E-state index in [0.717, 1.165) is 0 Å². The summed E-state index contributed by atoms with van der Waals surface area (Å²) in [5.41, 5.74) is 0. The number of hydrogen-bond acceptors (Lipinski definition) is 3. The molecule has 0 saturated heterocycles. The smallest absolute Gasteiger partial charge is 0.132 e. The van der Waals surface area contributed by atoms with E-state index in [1.807, 2.05) is 0 Å². The van der Waals surface area contributed by atoms with Gasteiger partial charge in [0.2, 0.25) is 0 Å². The molecule has 0 fully saturated rings. The first-order valence-electron chi connectivity index (χ1n) is 2.34. The second-order valence-corrected chi connectivity index (χ2v) is 2.29. The average molecular weight is 155 g/mol. The van der Waals surface area contributed by atoms with Gasteiger partial charge in [0.05, 0.1) is 6.10 Å². The lowest BCUT2D eigenvalue weighted by molar-refractivity contribution is 0.0503. The van der Waals surface area contributed by atoms with Crippen LogP contribution in [0.15, 0.2) is 0 Å². The van der Waals surface area contributed by atoms with E-state index >= 15 is 0 Å². The maximum absolute atomic E-state index is 8.78. The predicted molar refractivity (Wildman–Crippen MR) is 40.9 cm³/mol. The van der Waals surface area contributed by atoms with Crippen molar-refractivity contribution in [3.8, 4) is 0 Å². The minimum atomic E-state index is -0.712. The molecule has 0 aromatic rings. The molecule has 0 saturated carbocycles. The minimum absolute atomic E-state index is 0.297. The Morgan fingerprint density at radius 3 is 2.00 bits per heavy atom. The van der Waals surface area contributed by atoms with Crippen LogP contribution in [-0.4, -0.2) is 33.9 Å². The highest BCUT2D eigenvalue weighted by molar-refractivity contribution is 7.80. The first-order chi connectivity index (χ1) is 3.72. The van der Waals surface area contributed by atoms with Crippen LogP contribution in [0.1, 0.15) is 0 Å². The summed E-state index contributed by atoms with van der Waals surface area (Å²) in [6.45, 7) is 0. The Balaban J connectivity index is 3.29. The SMILES string of the molecule is O[C@@H](CS)[C@@H](O)C[SH2+]. The molecule has 8 heavy (non-hydrogen) atoms. The van der Waals surface area contributed by atoms with E-state index in [2.05, 4.69) is 25.3 Å². The molecule has 0 rings (SSSR count). The third-order valence-corrected chi connectivity index (χ3v) is 1.63. The van der Waals surface area contributed by atoms with Gasteiger partial charge in [0.25, 0.3) is 0 Å². The van der Waals surface area contributed by atoms with Crippen molar-refractivity contribution < 1.29 is 10.2 Å². The highest BCUT2D eigenvalue weighted by Crippen LogP contribution is 1.93. The number of aliphatic hydroxyl groups is 2. The largest absolute Gasteiger partial charge is 0.389 e. The molecule has 4 heteroatoms. The lowest BCUT2D eigenvalue weighted by Crippen LogP contribution is -2.29. The first kappa shape index (κ1) is 8.62. The Kier molecular flexibility index (Phi) is 4.84. The second kappa shape index (κ2) is 4.49. The Bertz CT molecular complexity index is 52.0. The van der Waals surface area contributed by atoms with Gasteiger partial charge in [-0.1, -0.05) is 0 Å². The van der Waals surface area contributed by atoms with Crippen LogP contribution in [0.5, 0.6) is 0 Å². The van der Waals surface area contributed by atoms with E-state index in [1.54, 1.807) is 0 Å². The molecule has 2 N–H and O–H groups in total. The van der Waals surface area contributed by atoms with E-state index in [4.69, 9.17) is 10.2 Å². The molecule has 0 aromatic heterocycles. The minimum Gasteiger partial charge on any atom is -0.389 e. The Morgan fingerprint density at radius 1 is 1.38 bits per heavy atom. The van der Waals surface area contributed by atoms with Gasteiger partial charge < -0.3 is 10.2 Å². The summed E-state index contributed by atoms with van der Waals surface area (Å²) >= 11 is 6.83. The van der Waals surface area contributed by atoms with Gasteiger partial charge in [-0.25, -0.2) is 0 Å². The van der Waals surface area contributed by atoms with Crippen LogP contribution < -0.4 is 0 Å². The second-order valence-electron chi connectivity index (χ2n) is 1.52. The fraction of sp³-hybridized carbons (Fsp3) is 1.00. The molecule has 0 heterocycles. The zero-order valence-electron chi connectivity index (χ0n) is 4.41. The summed E-state index contributed by atoms with van der Waals surface area (Å²) in [4.78, 5) is 0. The van der Waals surface area contributed by atoms with Crippen LogP contribution in [-0.2, 0) is 12.6 Å². The van der Waals surface area contributed by atoms with Gasteiger partial charge in [-0.2, -0.15) is 12.6 Å². The van der Waals surface area contributed by atoms with Gasteiger partial charge in [-0.3, -0.25) is 0 Å². The number of thiol groups is 1. The van der Waals surface area contributed by atoms with Crippen molar-refractivity contribution in [2.24, 2.45) is 0 Å². The Hall–Kier alpha value is 0.620. The van der Waals surface area contributed by atoms with Crippen molar-refractivity contribution >= 4 is 25.3 Å². The van der Waals surface area contributed by atoms with E-state index in [9.17, 15) is 0 Å². The monoisotopic (exact) mass is 155 g/mol. The van der Waals surface area contributed by atoms with Gasteiger partial charge in [-0.05, 0) is 12.6 Å². The lowest BCUT2D eigenvalue weighted by Gasteiger charge is -2.08. The van der Waals surface area contributed by atoms with Crippen molar-refractivity contribution in [1.29, 1.82) is 0 Å². The molecule has 2 atom stereocenters. The molecule has 0 amide bonds. The summed E-state index contributed by atoms with van der Waals surface area (Å²) in [7, 11) is 0. The third kappa shape index (κ3) is 2.81. The number of hydrogen-bond donors (Lipinski definition) is 3. The molecule has 50 valence electrons. The average Bonchev–Trinajstić information content (AvgIpc) is 1.84. The van der Waals surface area contributed by atoms with Crippen molar-refractivity contribution in [1.82, 2.24) is 0 Å². The van der Waals surface area contributed by atoms with Gasteiger partial charge in [0.1, 0.15) is 11.9 Å². The standard InChI is InChI=1S/C4H10O2S2/c5-3(1-7)4(6)2-8/h3-8H,1-2H2/p+1/t3-,4-/m0/s1. The fourth-order valence-corrected chi connectivity index (χ4v) is 0.773. The van der Waals surface area contributed by atoms with E-state index in [1.165, 1.54) is 0 Å².